The van der Waals surface area contributed by atoms with Crippen LogP contribution in [0.15, 0.2) is 76.3 Å². The summed E-state index contributed by atoms with van der Waals surface area (Å²) in [4.78, 5) is 17.3. The Bertz CT molecular complexity index is 1130. The number of hydrogen-bond donors (Lipinski definition) is 1. The van der Waals surface area contributed by atoms with E-state index < -0.39 is 16.1 Å². The monoisotopic (exact) mass is 475 g/mol. The van der Waals surface area contributed by atoms with Gasteiger partial charge in [0.1, 0.15) is 10.3 Å². The highest BCUT2D eigenvalue weighted by Crippen LogP contribution is 2.27. The molecule has 1 aliphatic rings. The summed E-state index contributed by atoms with van der Waals surface area (Å²) < 4.78 is 28.5. The van der Waals surface area contributed by atoms with Crippen LogP contribution in [-0.2, 0) is 14.8 Å². The maximum atomic E-state index is 13.4. The molecule has 9 heteroatoms. The summed E-state index contributed by atoms with van der Waals surface area (Å²) in [6, 6.07) is 18.8. The topological polar surface area (TPSA) is 69.7 Å². The molecule has 1 saturated heterocycles. The summed E-state index contributed by atoms with van der Waals surface area (Å²) in [5.41, 5.74) is 1.55. The first-order valence-corrected chi connectivity index (χ1v) is 12.6. The van der Waals surface area contributed by atoms with E-state index in [-0.39, 0.29) is 10.1 Å². The van der Waals surface area contributed by atoms with E-state index in [0.29, 0.717) is 36.8 Å². The van der Waals surface area contributed by atoms with Crippen molar-refractivity contribution in [2.75, 3.05) is 31.1 Å². The molecule has 1 fully saturated rings. The number of rotatable bonds is 6. The SMILES string of the molecule is O=C(C(NS(=O)(=O)c1cccs1)c1ccccc1)N1CCN(c2ccccc2Cl)CC1. The van der Waals surface area contributed by atoms with Gasteiger partial charge in [-0.15, -0.1) is 11.3 Å². The number of para-hydroxylation sites is 1. The maximum absolute atomic E-state index is 13.4. The average molecular weight is 476 g/mol. The van der Waals surface area contributed by atoms with Crippen molar-refractivity contribution >= 4 is 44.6 Å². The van der Waals surface area contributed by atoms with Gasteiger partial charge in [0.25, 0.3) is 10.0 Å². The van der Waals surface area contributed by atoms with Gasteiger partial charge in [-0.2, -0.15) is 4.72 Å². The predicted molar refractivity (Wildman–Crippen MR) is 124 cm³/mol. The van der Waals surface area contributed by atoms with Crippen LogP contribution in [0.25, 0.3) is 0 Å². The van der Waals surface area contributed by atoms with E-state index in [9.17, 15) is 13.2 Å². The first-order chi connectivity index (χ1) is 15.0. The summed E-state index contributed by atoms with van der Waals surface area (Å²) in [5.74, 6) is -0.259. The lowest BCUT2D eigenvalue weighted by Gasteiger charge is -2.38. The number of sulfonamides is 1. The molecule has 6 nitrogen and oxygen atoms in total. The van der Waals surface area contributed by atoms with Crippen LogP contribution in [0, 0.1) is 0 Å². The van der Waals surface area contributed by atoms with Crippen molar-refractivity contribution in [3.8, 4) is 0 Å². The molecule has 1 amide bonds. The highest BCUT2D eigenvalue weighted by atomic mass is 35.5. The molecule has 0 radical (unpaired) electrons. The average Bonchev–Trinajstić information content (AvgIpc) is 3.34. The third kappa shape index (κ3) is 4.93. The Balaban J connectivity index is 1.52. The van der Waals surface area contributed by atoms with Gasteiger partial charge in [0.15, 0.2) is 0 Å². The molecule has 0 spiro atoms. The second kappa shape index (κ2) is 9.40. The Kier molecular flexibility index (Phi) is 6.62. The number of halogens is 1. The van der Waals surface area contributed by atoms with E-state index in [0.717, 1.165) is 17.0 Å². The molecule has 1 N–H and O–H groups in total. The van der Waals surface area contributed by atoms with E-state index in [1.165, 1.54) is 6.07 Å². The van der Waals surface area contributed by atoms with Gasteiger partial charge in [0.05, 0.1) is 10.7 Å². The molecule has 2 heterocycles. The van der Waals surface area contributed by atoms with E-state index in [1.54, 1.807) is 40.6 Å². The summed E-state index contributed by atoms with van der Waals surface area (Å²) in [6.07, 6.45) is 0. The maximum Gasteiger partial charge on any atom is 0.251 e. The molecule has 0 saturated carbocycles. The van der Waals surface area contributed by atoms with Gasteiger partial charge in [0.2, 0.25) is 5.91 Å². The fraction of sp³-hybridized carbons (Fsp3) is 0.227. The number of nitrogens with zero attached hydrogens (tertiary/aromatic N) is 2. The smallest absolute Gasteiger partial charge is 0.251 e. The second-order valence-corrected chi connectivity index (χ2v) is 10.5. The number of hydrogen-bond acceptors (Lipinski definition) is 5. The zero-order chi connectivity index (χ0) is 21.8. The van der Waals surface area contributed by atoms with E-state index in [1.807, 2.05) is 30.3 Å². The van der Waals surface area contributed by atoms with E-state index in [4.69, 9.17) is 11.6 Å². The van der Waals surface area contributed by atoms with Gasteiger partial charge in [0, 0.05) is 26.2 Å². The quantitative estimate of drug-likeness (QED) is 0.589. The van der Waals surface area contributed by atoms with Crippen LogP contribution in [0.1, 0.15) is 11.6 Å². The molecule has 3 aromatic rings. The zero-order valence-electron chi connectivity index (χ0n) is 16.6. The lowest BCUT2D eigenvalue weighted by molar-refractivity contribution is -0.133. The molecule has 1 aromatic heterocycles. The molecule has 1 unspecified atom stereocenters. The van der Waals surface area contributed by atoms with Crippen LogP contribution < -0.4 is 9.62 Å². The fourth-order valence-corrected chi connectivity index (χ4v) is 6.04. The molecule has 162 valence electrons. The van der Waals surface area contributed by atoms with Gasteiger partial charge in [-0.1, -0.05) is 60.1 Å². The predicted octanol–water partition coefficient (Wildman–Crippen LogP) is 3.77. The Morgan fingerprint density at radius 3 is 2.26 bits per heavy atom. The Labute approximate surface area is 191 Å². The van der Waals surface area contributed by atoms with Gasteiger partial charge in [-0.3, -0.25) is 4.79 Å². The van der Waals surface area contributed by atoms with Gasteiger partial charge < -0.3 is 9.80 Å². The Morgan fingerprint density at radius 2 is 1.61 bits per heavy atom. The third-order valence-corrected chi connectivity index (χ3v) is 8.34. The van der Waals surface area contributed by atoms with Crippen LogP contribution in [0.2, 0.25) is 5.02 Å². The minimum atomic E-state index is -3.81. The number of carbonyl (C=O) groups excluding carboxylic acids is 1. The van der Waals surface area contributed by atoms with Crippen LogP contribution in [0.5, 0.6) is 0 Å². The fourth-order valence-electron chi connectivity index (χ4n) is 3.59. The molecule has 31 heavy (non-hydrogen) atoms. The van der Waals surface area contributed by atoms with E-state index >= 15 is 0 Å². The molecule has 0 bridgehead atoms. The van der Waals surface area contributed by atoms with Crippen molar-refractivity contribution in [2.45, 2.75) is 10.3 Å². The first-order valence-electron chi connectivity index (χ1n) is 9.85. The summed E-state index contributed by atoms with van der Waals surface area (Å²) in [7, 11) is -3.81. The largest absolute Gasteiger partial charge is 0.367 e. The molecular formula is C22H22ClN3O3S2. The van der Waals surface area contributed by atoms with Crippen LogP contribution in [-0.4, -0.2) is 45.4 Å². The molecule has 0 aliphatic carbocycles. The number of amides is 1. The van der Waals surface area contributed by atoms with Gasteiger partial charge in [-0.05, 0) is 29.1 Å². The molecule has 2 aromatic carbocycles. The second-order valence-electron chi connectivity index (χ2n) is 7.16. The van der Waals surface area contributed by atoms with Crippen molar-refractivity contribution in [1.82, 2.24) is 9.62 Å². The minimum absolute atomic E-state index is 0.185. The lowest BCUT2D eigenvalue weighted by Crippen LogP contribution is -2.52. The van der Waals surface area contributed by atoms with Crippen molar-refractivity contribution in [3.05, 3.63) is 82.7 Å². The summed E-state index contributed by atoms with van der Waals surface area (Å²) in [6.45, 7) is 2.20. The standard InChI is InChI=1S/C22H22ClN3O3S2/c23-18-9-4-5-10-19(18)25-12-14-26(15-13-25)22(27)21(17-7-2-1-3-8-17)24-31(28,29)20-11-6-16-30-20/h1-11,16,21,24H,12-15H2. The van der Waals surface area contributed by atoms with Crippen LogP contribution in [0.3, 0.4) is 0 Å². The lowest BCUT2D eigenvalue weighted by atomic mass is 10.1. The third-order valence-electron chi connectivity index (χ3n) is 5.20. The van der Waals surface area contributed by atoms with E-state index in [2.05, 4.69) is 9.62 Å². The Hall–Kier alpha value is -2.39. The van der Waals surface area contributed by atoms with Crippen molar-refractivity contribution in [1.29, 1.82) is 0 Å². The highest BCUT2D eigenvalue weighted by molar-refractivity contribution is 7.91. The van der Waals surface area contributed by atoms with Crippen molar-refractivity contribution in [3.63, 3.8) is 0 Å². The normalized spacial score (nSPS) is 15.6. The molecule has 1 atom stereocenters. The van der Waals surface area contributed by atoms with Gasteiger partial charge >= 0.3 is 0 Å². The molecule has 1 aliphatic heterocycles. The number of anilines is 1. The first kappa shape index (κ1) is 21.8. The number of benzene rings is 2. The Morgan fingerprint density at radius 1 is 0.935 bits per heavy atom. The molecule has 4 rings (SSSR count). The minimum Gasteiger partial charge on any atom is -0.367 e. The zero-order valence-corrected chi connectivity index (χ0v) is 19.0. The van der Waals surface area contributed by atoms with Crippen molar-refractivity contribution in [2.24, 2.45) is 0 Å². The van der Waals surface area contributed by atoms with Crippen LogP contribution in [0.4, 0.5) is 5.69 Å². The number of carbonyl (C=O) groups is 1. The van der Waals surface area contributed by atoms with Gasteiger partial charge in [-0.25, -0.2) is 8.42 Å². The summed E-state index contributed by atoms with van der Waals surface area (Å²) in [5, 5.41) is 2.37. The number of piperazine rings is 1. The number of nitrogens with one attached hydrogen (secondary N) is 1. The summed E-state index contributed by atoms with van der Waals surface area (Å²) >= 11 is 7.43. The van der Waals surface area contributed by atoms with Crippen molar-refractivity contribution < 1.29 is 13.2 Å². The molecular weight excluding hydrogens is 454 g/mol. The highest BCUT2D eigenvalue weighted by Gasteiger charge is 2.32. The number of thiophene rings is 1. The van der Waals surface area contributed by atoms with Crippen LogP contribution >= 0.6 is 22.9 Å².